The second kappa shape index (κ2) is 10.0. The molecule has 2 fully saturated rings. The average molecular weight is 530 g/mol. The van der Waals surface area contributed by atoms with Gasteiger partial charge in [-0.05, 0) is 73.2 Å². The number of allylic oxidation sites excluding steroid dienone is 3. The van der Waals surface area contributed by atoms with Gasteiger partial charge in [-0.1, -0.05) is 60.7 Å². The monoisotopic (exact) mass is 529 g/mol. The number of ether oxygens (including phenoxy) is 1. The number of sulfonamides is 1. The van der Waals surface area contributed by atoms with E-state index in [4.69, 9.17) is 4.74 Å². The van der Waals surface area contributed by atoms with Gasteiger partial charge in [0.15, 0.2) is 0 Å². The maximum atomic E-state index is 13.4. The molecule has 4 atom stereocenters. The summed E-state index contributed by atoms with van der Waals surface area (Å²) in [7, 11) is -3.86. The van der Waals surface area contributed by atoms with Gasteiger partial charge in [-0.2, -0.15) is 0 Å². The summed E-state index contributed by atoms with van der Waals surface area (Å²) in [5.41, 5.74) is 1.27. The third-order valence-corrected chi connectivity index (χ3v) is 9.44. The second-order valence-corrected chi connectivity index (χ2v) is 12.2. The van der Waals surface area contributed by atoms with Crippen LogP contribution in [-0.2, 0) is 19.6 Å². The van der Waals surface area contributed by atoms with Gasteiger partial charge in [-0.25, -0.2) is 8.42 Å². The van der Waals surface area contributed by atoms with Crippen LogP contribution in [0.1, 0.15) is 43.6 Å². The molecule has 1 saturated heterocycles. The van der Waals surface area contributed by atoms with Crippen molar-refractivity contribution in [3.63, 3.8) is 0 Å². The molecule has 6 rings (SSSR count). The number of hydrogen-bond donors (Lipinski definition) is 2. The lowest BCUT2D eigenvalue weighted by atomic mass is 9.72. The summed E-state index contributed by atoms with van der Waals surface area (Å²) in [6, 6.07) is 19.9. The Hall–Kier alpha value is -3.42. The van der Waals surface area contributed by atoms with Crippen molar-refractivity contribution >= 4 is 32.5 Å². The minimum Gasteiger partial charge on any atom is -0.430 e. The van der Waals surface area contributed by atoms with Crippen molar-refractivity contribution in [3.8, 4) is 0 Å². The molecule has 1 heterocycles. The van der Waals surface area contributed by atoms with E-state index in [9.17, 15) is 18.3 Å². The minimum atomic E-state index is -3.86. The summed E-state index contributed by atoms with van der Waals surface area (Å²) in [5.74, 6) is -0.795. The van der Waals surface area contributed by atoms with Crippen LogP contribution in [0, 0.1) is 17.8 Å². The number of nitrogens with one attached hydrogen (secondary N) is 1. The highest BCUT2D eigenvalue weighted by atomic mass is 32.2. The normalized spacial score (nSPS) is 24.5. The van der Waals surface area contributed by atoms with Crippen LogP contribution in [-0.4, -0.2) is 25.6 Å². The number of fused-ring (bicyclic) bond motifs is 2. The quantitative estimate of drug-likeness (QED) is 0.388. The van der Waals surface area contributed by atoms with E-state index >= 15 is 0 Å². The Morgan fingerprint density at radius 1 is 0.974 bits per heavy atom. The van der Waals surface area contributed by atoms with Gasteiger partial charge in [-0.3, -0.25) is 9.52 Å². The van der Waals surface area contributed by atoms with Crippen molar-refractivity contribution in [2.45, 2.75) is 49.0 Å². The first-order chi connectivity index (χ1) is 18.4. The highest BCUT2D eigenvalue weighted by Crippen LogP contribution is 2.51. The van der Waals surface area contributed by atoms with E-state index in [0.717, 1.165) is 43.1 Å². The molecular weight excluding hydrogens is 498 g/mol. The Morgan fingerprint density at radius 2 is 1.76 bits per heavy atom. The van der Waals surface area contributed by atoms with Crippen LogP contribution in [0.2, 0.25) is 0 Å². The van der Waals surface area contributed by atoms with Gasteiger partial charge in [0.2, 0.25) is 0 Å². The van der Waals surface area contributed by atoms with Gasteiger partial charge in [0.25, 0.3) is 10.0 Å². The molecule has 38 heavy (non-hydrogen) atoms. The van der Waals surface area contributed by atoms with Crippen LogP contribution in [0.25, 0.3) is 10.8 Å². The van der Waals surface area contributed by atoms with Crippen molar-refractivity contribution < 1.29 is 23.1 Å². The molecule has 1 saturated carbocycles. The zero-order valence-electron chi connectivity index (χ0n) is 21.0. The number of rotatable bonds is 6. The molecule has 0 bridgehead atoms. The molecule has 0 aromatic heterocycles. The Kier molecular flexibility index (Phi) is 6.58. The zero-order valence-corrected chi connectivity index (χ0v) is 21.8. The smallest absolute Gasteiger partial charge is 0.317 e. The second-order valence-electron chi connectivity index (χ2n) is 10.5. The summed E-state index contributed by atoms with van der Waals surface area (Å²) >= 11 is 0. The van der Waals surface area contributed by atoms with Crippen molar-refractivity contribution in [2.24, 2.45) is 17.8 Å². The number of carbonyl (C=O) groups is 1. The van der Waals surface area contributed by atoms with E-state index in [1.165, 1.54) is 0 Å². The van der Waals surface area contributed by atoms with E-state index in [0.29, 0.717) is 16.8 Å². The molecule has 3 aliphatic rings. The molecule has 2 N–H and O–H groups in total. The highest BCUT2D eigenvalue weighted by Gasteiger charge is 2.50. The Morgan fingerprint density at radius 3 is 2.61 bits per heavy atom. The first-order valence-corrected chi connectivity index (χ1v) is 14.8. The third-order valence-electron chi connectivity index (χ3n) is 8.00. The predicted octanol–water partition coefficient (Wildman–Crippen LogP) is 5.91. The Balaban J connectivity index is 1.32. The first-order valence-electron chi connectivity index (χ1n) is 13.3. The number of hydrogen-bond acceptors (Lipinski definition) is 5. The van der Waals surface area contributed by atoms with E-state index in [1.54, 1.807) is 42.5 Å². The maximum absolute atomic E-state index is 13.4. The number of esters is 1. The zero-order chi connectivity index (χ0) is 26.3. The van der Waals surface area contributed by atoms with E-state index in [1.807, 2.05) is 42.5 Å². The van der Waals surface area contributed by atoms with Gasteiger partial charge >= 0.3 is 5.97 Å². The predicted molar refractivity (Wildman–Crippen MR) is 147 cm³/mol. The molecule has 0 amide bonds. The number of carbonyl (C=O) groups excluding carboxylic acids is 1. The lowest BCUT2D eigenvalue weighted by molar-refractivity contribution is -0.160. The van der Waals surface area contributed by atoms with Crippen molar-refractivity contribution in [3.05, 3.63) is 96.3 Å². The Bertz CT molecular complexity index is 1530. The van der Waals surface area contributed by atoms with Crippen LogP contribution < -0.4 is 4.72 Å². The van der Waals surface area contributed by atoms with E-state index in [-0.39, 0.29) is 22.6 Å². The lowest BCUT2D eigenvalue weighted by Gasteiger charge is -2.39. The molecule has 6 nitrogen and oxygen atoms in total. The van der Waals surface area contributed by atoms with Gasteiger partial charge in [-0.15, -0.1) is 0 Å². The maximum Gasteiger partial charge on any atom is 0.317 e. The summed E-state index contributed by atoms with van der Waals surface area (Å²) in [5, 5.41) is 13.0. The third kappa shape index (κ3) is 4.76. The number of aliphatic hydroxyl groups is 1. The Labute approximate surface area is 223 Å². The van der Waals surface area contributed by atoms with Crippen LogP contribution in [0.3, 0.4) is 0 Å². The fourth-order valence-corrected chi connectivity index (χ4v) is 7.32. The van der Waals surface area contributed by atoms with E-state index in [2.05, 4.69) is 4.72 Å². The fourth-order valence-electron chi connectivity index (χ4n) is 6.04. The fraction of sp³-hybridized carbons (Fsp3) is 0.323. The summed E-state index contributed by atoms with van der Waals surface area (Å²) < 4.78 is 35.4. The average Bonchev–Trinajstić information content (AvgIpc) is 3.72. The summed E-state index contributed by atoms with van der Waals surface area (Å²) in [6.07, 6.45) is 9.41. The molecule has 1 aliphatic heterocycles. The summed E-state index contributed by atoms with van der Waals surface area (Å²) in [6.45, 7) is 0. The van der Waals surface area contributed by atoms with Gasteiger partial charge < -0.3 is 9.84 Å². The van der Waals surface area contributed by atoms with Gasteiger partial charge in [0.05, 0.1) is 16.9 Å². The highest BCUT2D eigenvalue weighted by molar-refractivity contribution is 7.93. The largest absolute Gasteiger partial charge is 0.430 e. The lowest BCUT2D eigenvalue weighted by Crippen LogP contribution is -2.45. The first kappa shape index (κ1) is 24.9. The van der Waals surface area contributed by atoms with Crippen molar-refractivity contribution in [2.75, 3.05) is 4.72 Å². The van der Waals surface area contributed by atoms with Crippen LogP contribution in [0.15, 0.2) is 95.6 Å². The molecular formula is C31H31NO5S. The number of anilines is 1. The number of aliphatic hydroxyl groups excluding tert-OH is 1. The van der Waals surface area contributed by atoms with Gasteiger partial charge in [0.1, 0.15) is 5.76 Å². The molecule has 4 unspecified atom stereocenters. The molecule has 0 radical (unpaired) electrons. The minimum absolute atomic E-state index is 0.212. The molecule has 0 spiro atoms. The SMILES string of the molecule is O=C1OC2=CC=CCCCC2C(O)C1C(c1cccc(NS(=O)(=O)c2cccc3ccccc23)c1)C1CC1. The van der Waals surface area contributed by atoms with Crippen molar-refractivity contribution in [1.29, 1.82) is 0 Å². The van der Waals surface area contributed by atoms with Crippen molar-refractivity contribution in [1.82, 2.24) is 0 Å². The molecule has 7 heteroatoms. The van der Waals surface area contributed by atoms with Crippen LogP contribution in [0.4, 0.5) is 5.69 Å². The molecule has 3 aromatic rings. The van der Waals surface area contributed by atoms with E-state index < -0.39 is 28.0 Å². The molecule has 196 valence electrons. The van der Waals surface area contributed by atoms with Gasteiger partial charge in [0, 0.05) is 22.9 Å². The number of benzene rings is 3. The standard InChI is InChI=1S/C31H31NO5S/c33-30-25-14-3-1-2-4-15-26(25)37-31(34)29(30)28(21-17-18-21)22-11-7-12-23(19-22)32-38(35,36)27-16-8-10-20-9-5-6-13-24(20)27/h2,4-13,15-16,19,21,25,28-30,32-33H,1,3,14,17-18H2. The molecule has 3 aromatic carbocycles. The molecule has 2 aliphatic carbocycles. The summed E-state index contributed by atoms with van der Waals surface area (Å²) in [4.78, 5) is 13.5. The van der Waals surface area contributed by atoms with Crippen LogP contribution >= 0.6 is 0 Å². The topological polar surface area (TPSA) is 92.7 Å². The van der Waals surface area contributed by atoms with Crippen LogP contribution in [0.5, 0.6) is 0 Å².